The zero-order valence-corrected chi connectivity index (χ0v) is 17.3. The fourth-order valence-electron chi connectivity index (χ4n) is 3.47. The minimum absolute atomic E-state index is 0.0859. The van der Waals surface area contributed by atoms with Crippen LogP contribution in [0.4, 0.5) is 0 Å². The van der Waals surface area contributed by atoms with Gasteiger partial charge in [-0.1, -0.05) is 70.5 Å². The Labute approximate surface area is 179 Å². The number of Topliss-reactive ketones (excluding diaryl/α,β-unsaturated/α-hetero) is 1. The average molecular weight is 459 g/mol. The number of carbonyl (C=O) groups is 1. The average Bonchev–Trinajstić information content (AvgIpc) is 3.24. The highest BCUT2D eigenvalue weighted by atomic mass is 79.9. The fraction of sp³-hybridized carbons (Fsp3) is 0.0435. The highest BCUT2D eigenvalue weighted by Gasteiger charge is 2.17. The Hall–Kier alpha value is -3.58. The maximum absolute atomic E-state index is 13.3. The van der Waals surface area contributed by atoms with Crippen LogP contribution in [0.2, 0.25) is 0 Å². The summed E-state index contributed by atoms with van der Waals surface area (Å²) in [5.41, 5.74) is 2.08. The van der Waals surface area contributed by atoms with Gasteiger partial charge in [0.1, 0.15) is 0 Å². The van der Waals surface area contributed by atoms with Crippen LogP contribution in [0, 0.1) is 0 Å². The first-order valence-electron chi connectivity index (χ1n) is 9.34. The number of aromatic nitrogens is 4. The van der Waals surface area contributed by atoms with E-state index in [9.17, 15) is 9.59 Å². The minimum atomic E-state index is -0.399. The first kappa shape index (κ1) is 18.4. The largest absolute Gasteiger partial charge is 0.351 e. The summed E-state index contributed by atoms with van der Waals surface area (Å²) in [7, 11) is 0. The van der Waals surface area contributed by atoms with E-state index in [2.05, 4.69) is 26.0 Å². The van der Waals surface area contributed by atoms with Crippen molar-refractivity contribution < 1.29 is 4.79 Å². The Balaban J connectivity index is 1.69. The van der Waals surface area contributed by atoms with Gasteiger partial charge in [-0.3, -0.25) is 9.36 Å². The van der Waals surface area contributed by atoms with Crippen molar-refractivity contribution in [3.63, 3.8) is 0 Å². The quantitative estimate of drug-likeness (QED) is 0.375. The predicted octanol–water partition coefficient (Wildman–Crippen LogP) is 4.36. The van der Waals surface area contributed by atoms with Gasteiger partial charge in [-0.05, 0) is 24.3 Å². The van der Waals surface area contributed by atoms with Crippen LogP contribution in [0.1, 0.15) is 10.4 Å². The number of fused-ring (bicyclic) bond motifs is 3. The molecule has 3 aromatic carbocycles. The van der Waals surface area contributed by atoms with Gasteiger partial charge in [-0.2, -0.15) is 4.52 Å². The lowest BCUT2D eigenvalue weighted by Crippen LogP contribution is -2.30. The van der Waals surface area contributed by atoms with Crippen LogP contribution >= 0.6 is 15.9 Å². The molecular formula is C23H15BrN4O2. The van der Waals surface area contributed by atoms with Crippen molar-refractivity contribution >= 4 is 38.3 Å². The summed E-state index contributed by atoms with van der Waals surface area (Å²) in [4.78, 5) is 30.7. The number of hydrogen-bond donors (Lipinski definition) is 0. The maximum atomic E-state index is 13.3. The highest BCUT2D eigenvalue weighted by Crippen LogP contribution is 2.21. The second-order valence-electron chi connectivity index (χ2n) is 6.85. The topological polar surface area (TPSA) is 69.3 Å². The Kier molecular flexibility index (Phi) is 4.52. The van der Waals surface area contributed by atoms with Crippen LogP contribution in [-0.4, -0.2) is 24.9 Å². The van der Waals surface area contributed by atoms with Crippen LogP contribution in [0.15, 0.2) is 88.1 Å². The number of rotatable bonds is 4. The first-order valence-corrected chi connectivity index (χ1v) is 10.1. The number of hydrogen-bond acceptors (Lipinski definition) is 4. The van der Waals surface area contributed by atoms with E-state index in [0.717, 1.165) is 15.4 Å². The van der Waals surface area contributed by atoms with E-state index in [0.29, 0.717) is 22.6 Å². The molecule has 2 aromatic heterocycles. The predicted molar refractivity (Wildman–Crippen MR) is 119 cm³/mol. The Morgan fingerprint density at radius 3 is 2.37 bits per heavy atom. The van der Waals surface area contributed by atoms with Crippen LogP contribution in [0.3, 0.4) is 0 Å². The second-order valence-corrected chi connectivity index (χ2v) is 7.77. The van der Waals surface area contributed by atoms with Crippen molar-refractivity contribution in [1.29, 1.82) is 0 Å². The monoisotopic (exact) mass is 458 g/mol. The van der Waals surface area contributed by atoms with Gasteiger partial charge in [0.05, 0.1) is 12.1 Å². The molecule has 0 atom stereocenters. The molecule has 0 N–H and O–H groups in total. The van der Waals surface area contributed by atoms with Crippen LogP contribution in [-0.2, 0) is 6.54 Å². The SMILES string of the molecule is O=C(Cn1c(=O)n2nc(-c3ccccc3)nc2c2ccccc21)c1ccc(Br)cc1. The molecule has 5 rings (SSSR count). The molecule has 146 valence electrons. The van der Waals surface area contributed by atoms with Gasteiger partial charge in [0.2, 0.25) is 0 Å². The van der Waals surface area contributed by atoms with Gasteiger partial charge >= 0.3 is 5.69 Å². The highest BCUT2D eigenvalue weighted by molar-refractivity contribution is 9.10. The number of benzene rings is 3. The third kappa shape index (κ3) is 3.13. The summed E-state index contributed by atoms with van der Waals surface area (Å²) in [6, 6.07) is 24.0. The molecule has 30 heavy (non-hydrogen) atoms. The Morgan fingerprint density at radius 1 is 0.900 bits per heavy atom. The molecule has 0 spiro atoms. The van der Waals surface area contributed by atoms with Gasteiger partial charge in [0.15, 0.2) is 17.3 Å². The summed E-state index contributed by atoms with van der Waals surface area (Å²) in [6.07, 6.45) is 0. The third-order valence-corrected chi connectivity index (χ3v) is 5.48. The zero-order chi connectivity index (χ0) is 20.7. The van der Waals surface area contributed by atoms with Crippen molar-refractivity contribution in [3.05, 3.63) is 99.4 Å². The molecule has 0 radical (unpaired) electrons. The maximum Gasteiger partial charge on any atom is 0.351 e. The first-order chi connectivity index (χ1) is 14.6. The molecule has 0 saturated heterocycles. The Bertz CT molecular complexity index is 1450. The molecule has 0 aliphatic carbocycles. The number of carbonyl (C=O) groups excluding carboxylic acids is 1. The van der Waals surface area contributed by atoms with Gasteiger partial charge < -0.3 is 0 Å². The molecule has 0 amide bonds. The van der Waals surface area contributed by atoms with Gasteiger partial charge in [0, 0.05) is 21.0 Å². The molecule has 0 aliphatic heterocycles. The van der Waals surface area contributed by atoms with E-state index < -0.39 is 5.69 Å². The van der Waals surface area contributed by atoms with E-state index in [1.54, 1.807) is 24.3 Å². The lowest BCUT2D eigenvalue weighted by molar-refractivity contribution is 0.0971. The van der Waals surface area contributed by atoms with Crippen molar-refractivity contribution in [2.45, 2.75) is 6.54 Å². The molecular weight excluding hydrogens is 444 g/mol. The van der Waals surface area contributed by atoms with E-state index in [4.69, 9.17) is 0 Å². The summed E-state index contributed by atoms with van der Waals surface area (Å²) in [6.45, 7) is -0.0859. The summed E-state index contributed by atoms with van der Waals surface area (Å²) in [5.74, 6) is 0.312. The van der Waals surface area contributed by atoms with Crippen LogP contribution in [0.25, 0.3) is 27.9 Å². The van der Waals surface area contributed by atoms with Crippen molar-refractivity contribution in [1.82, 2.24) is 19.2 Å². The lowest BCUT2D eigenvalue weighted by Gasteiger charge is -2.10. The van der Waals surface area contributed by atoms with Crippen LogP contribution in [0.5, 0.6) is 0 Å². The van der Waals surface area contributed by atoms with E-state index in [1.165, 1.54) is 9.08 Å². The van der Waals surface area contributed by atoms with Crippen molar-refractivity contribution in [2.24, 2.45) is 0 Å². The molecule has 6 nitrogen and oxygen atoms in total. The van der Waals surface area contributed by atoms with Gasteiger partial charge in [-0.15, -0.1) is 5.10 Å². The number of halogens is 1. The smallest absolute Gasteiger partial charge is 0.292 e. The molecule has 0 fully saturated rings. The van der Waals surface area contributed by atoms with Gasteiger partial charge in [0.25, 0.3) is 0 Å². The molecule has 0 saturated carbocycles. The summed E-state index contributed by atoms with van der Waals surface area (Å²) in [5, 5.41) is 5.20. The molecule has 0 bridgehead atoms. The second kappa shape index (κ2) is 7.35. The van der Waals surface area contributed by atoms with E-state index in [1.807, 2.05) is 54.6 Å². The third-order valence-electron chi connectivity index (χ3n) is 4.95. The number of para-hydroxylation sites is 1. The fourth-order valence-corrected chi connectivity index (χ4v) is 3.73. The molecule has 0 aliphatic rings. The lowest BCUT2D eigenvalue weighted by atomic mass is 10.1. The standard InChI is InChI=1S/C23H15BrN4O2/c24-17-12-10-15(11-13-17)20(29)14-27-19-9-5-4-8-18(19)22-25-21(26-28(22)23(27)30)16-6-2-1-3-7-16/h1-13H,14H2. The zero-order valence-electron chi connectivity index (χ0n) is 15.7. The van der Waals surface area contributed by atoms with Gasteiger partial charge in [-0.25, -0.2) is 9.78 Å². The summed E-state index contributed by atoms with van der Waals surface area (Å²) >= 11 is 3.37. The molecule has 5 aromatic rings. The summed E-state index contributed by atoms with van der Waals surface area (Å²) < 4.78 is 3.62. The normalized spacial score (nSPS) is 11.2. The molecule has 2 heterocycles. The number of nitrogens with zero attached hydrogens (tertiary/aromatic N) is 4. The van der Waals surface area contributed by atoms with E-state index in [-0.39, 0.29) is 12.3 Å². The van der Waals surface area contributed by atoms with Crippen LogP contribution < -0.4 is 5.69 Å². The molecule has 7 heteroatoms. The minimum Gasteiger partial charge on any atom is -0.292 e. The Morgan fingerprint density at radius 2 is 1.60 bits per heavy atom. The van der Waals surface area contributed by atoms with Crippen molar-refractivity contribution in [2.75, 3.05) is 0 Å². The molecule has 0 unspecified atom stereocenters. The van der Waals surface area contributed by atoms with E-state index >= 15 is 0 Å². The van der Waals surface area contributed by atoms with Crippen molar-refractivity contribution in [3.8, 4) is 11.4 Å². The number of ketones is 1.